The van der Waals surface area contributed by atoms with E-state index in [1.165, 1.54) is 11.3 Å². The van der Waals surface area contributed by atoms with Gasteiger partial charge in [-0.05, 0) is 82.2 Å². The van der Waals surface area contributed by atoms with Crippen LogP contribution in [0.4, 0.5) is 21.9 Å². The maximum absolute atomic E-state index is 13.6. The summed E-state index contributed by atoms with van der Waals surface area (Å²) in [4.78, 5) is 36.5. The molecule has 4 heterocycles. The lowest BCUT2D eigenvalue weighted by molar-refractivity contribution is 0.0917. The number of benzene rings is 2. The molecule has 0 saturated carbocycles. The summed E-state index contributed by atoms with van der Waals surface area (Å²) >= 11 is 1.30. The Morgan fingerprint density at radius 2 is 2.00 bits per heavy atom. The van der Waals surface area contributed by atoms with Crippen LogP contribution in [0, 0.1) is 6.92 Å². The Labute approximate surface area is 236 Å². The molecule has 2 aromatic carbocycles. The number of hydrogen-bond acceptors (Lipinski definition) is 7. The van der Waals surface area contributed by atoms with Crippen molar-refractivity contribution < 1.29 is 19.1 Å². The quantitative estimate of drug-likeness (QED) is 0.277. The number of ether oxygens (including phenoxy) is 2. The minimum atomic E-state index is -0.330. The molecule has 0 radical (unpaired) electrons. The summed E-state index contributed by atoms with van der Waals surface area (Å²) in [6.45, 7) is 6.25. The van der Waals surface area contributed by atoms with Crippen LogP contribution in [0.5, 0.6) is 17.2 Å². The zero-order chi connectivity index (χ0) is 27.8. The minimum absolute atomic E-state index is 0.0794. The molecule has 6 rings (SSSR count). The summed E-state index contributed by atoms with van der Waals surface area (Å²) in [5, 5.41) is 6.92. The number of urea groups is 1. The van der Waals surface area contributed by atoms with Gasteiger partial charge < -0.3 is 25.0 Å². The third-order valence-electron chi connectivity index (χ3n) is 7.20. The minimum Gasteiger partial charge on any atom is -0.490 e. The van der Waals surface area contributed by atoms with Gasteiger partial charge in [0.1, 0.15) is 15.5 Å². The second-order valence-corrected chi connectivity index (χ2v) is 11.1. The lowest BCUT2D eigenvalue weighted by atomic mass is 10.1. The van der Waals surface area contributed by atoms with Crippen LogP contribution in [0.25, 0.3) is 10.2 Å². The van der Waals surface area contributed by atoms with Gasteiger partial charge in [-0.2, -0.15) is 0 Å². The first-order chi connectivity index (χ1) is 19.4. The van der Waals surface area contributed by atoms with Gasteiger partial charge in [0.25, 0.3) is 5.91 Å². The van der Waals surface area contributed by atoms with Crippen molar-refractivity contribution in [1.82, 2.24) is 15.2 Å². The zero-order valence-corrected chi connectivity index (χ0v) is 23.5. The summed E-state index contributed by atoms with van der Waals surface area (Å²) in [5.41, 5.74) is 2.78. The van der Waals surface area contributed by atoms with Crippen LogP contribution < -0.4 is 25.0 Å². The Kier molecular flexibility index (Phi) is 7.03. The number of pyridine rings is 1. The fraction of sp³-hybridized carbons (Fsp3) is 0.300. The van der Waals surface area contributed by atoms with Gasteiger partial charge in [0.2, 0.25) is 0 Å². The number of amides is 3. The van der Waals surface area contributed by atoms with Gasteiger partial charge in [0, 0.05) is 18.8 Å². The molecular weight excluding hydrogens is 526 g/mol. The predicted octanol–water partition coefficient (Wildman–Crippen LogP) is 6.30. The number of aryl methyl sites for hydroxylation is 1. The largest absolute Gasteiger partial charge is 0.490 e. The van der Waals surface area contributed by atoms with Crippen molar-refractivity contribution >= 4 is 50.6 Å². The van der Waals surface area contributed by atoms with Gasteiger partial charge in [-0.1, -0.05) is 12.1 Å². The maximum Gasteiger partial charge on any atom is 0.331 e. The summed E-state index contributed by atoms with van der Waals surface area (Å²) < 4.78 is 11.8. The van der Waals surface area contributed by atoms with Gasteiger partial charge in [-0.3, -0.25) is 9.69 Å². The molecule has 2 aliphatic rings. The van der Waals surface area contributed by atoms with Crippen molar-refractivity contribution in [2.75, 3.05) is 37.0 Å². The molecule has 4 aromatic rings. The Morgan fingerprint density at radius 1 is 1.18 bits per heavy atom. The van der Waals surface area contributed by atoms with E-state index in [0.29, 0.717) is 50.6 Å². The van der Waals surface area contributed by atoms with E-state index in [2.05, 4.69) is 27.6 Å². The molecule has 0 bridgehead atoms. The third-order valence-corrected chi connectivity index (χ3v) is 8.29. The van der Waals surface area contributed by atoms with Crippen LogP contribution in [-0.2, 0) is 0 Å². The molecule has 1 fully saturated rings. The van der Waals surface area contributed by atoms with Crippen LogP contribution in [0.1, 0.15) is 35.0 Å². The third kappa shape index (κ3) is 4.84. The molecule has 2 aliphatic heterocycles. The Hall–Kier alpha value is -4.15. The van der Waals surface area contributed by atoms with Crippen molar-refractivity contribution in [3.8, 4) is 17.2 Å². The first-order valence-electron chi connectivity index (χ1n) is 13.4. The molecule has 40 heavy (non-hydrogen) atoms. The molecule has 1 unspecified atom stereocenters. The average Bonchev–Trinajstić information content (AvgIpc) is 3.30. The van der Waals surface area contributed by atoms with E-state index in [4.69, 9.17) is 9.47 Å². The molecule has 1 saturated heterocycles. The van der Waals surface area contributed by atoms with Crippen molar-refractivity contribution in [2.45, 2.75) is 32.7 Å². The summed E-state index contributed by atoms with van der Waals surface area (Å²) in [6.07, 6.45) is 3.66. The van der Waals surface area contributed by atoms with Crippen molar-refractivity contribution in [3.05, 3.63) is 65.2 Å². The second kappa shape index (κ2) is 10.8. The Bertz CT molecular complexity index is 1600. The average molecular weight is 558 g/mol. The smallest absolute Gasteiger partial charge is 0.331 e. The van der Waals surface area contributed by atoms with Gasteiger partial charge in [-0.25, -0.2) is 9.78 Å². The highest BCUT2D eigenvalue weighted by Crippen LogP contribution is 2.46. The number of carbonyl (C=O) groups is 2. The number of likely N-dealkylation sites (N-methyl/N-ethyl adjacent to an activating group) is 1. The monoisotopic (exact) mass is 557 g/mol. The first kappa shape index (κ1) is 26.1. The van der Waals surface area contributed by atoms with Crippen molar-refractivity contribution in [1.29, 1.82) is 0 Å². The molecule has 0 aliphatic carbocycles. The van der Waals surface area contributed by atoms with E-state index in [1.54, 1.807) is 11.1 Å². The van der Waals surface area contributed by atoms with E-state index in [-0.39, 0.29) is 18.0 Å². The molecule has 206 valence electrons. The van der Waals surface area contributed by atoms with Gasteiger partial charge in [0.15, 0.2) is 11.5 Å². The van der Waals surface area contributed by atoms with Gasteiger partial charge in [-0.15, -0.1) is 11.3 Å². The number of anilines is 3. The number of piperidine rings is 1. The SMILES string of the molecule is CCOc1ccccc1Oc1ccc(N2C(=O)Nc3c(C(=O)NC4CCCN(C)C4)sc4nccc2c34)c(C)c1. The molecule has 3 amide bonds. The number of para-hydroxylation sites is 2. The van der Waals surface area contributed by atoms with Crippen molar-refractivity contribution in [3.63, 3.8) is 0 Å². The fourth-order valence-corrected chi connectivity index (χ4v) is 6.42. The highest BCUT2D eigenvalue weighted by atomic mass is 32.1. The lowest BCUT2D eigenvalue weighted by Gasteiger charge is -2.31. The molecule has 0 spiro atoms. The van der Waals surface area contributed by atoms with Gasteiger partial charge >= 0.3 is 6.03 Å². The summed E-state index contributed by atoms with van der Waals surface area (Å²) in [7, 11) is 2.06. The first-order valence-corrected chi connectivity index (χ1v) is 14.3. The Balaban J connectivity index is 1.31. The van der Waals surface area contributed by atoms with E-state index in [1.807, 2.05) is 62.4 Å². The highest BCUT2D eigenvalue weighted by molar-refractivity contribution is 7.21. The van der Waals surface area contributed by atoms with Crippen molar-refractivity contribution in [2.24, 2.45) is 0 Å². The van der Waals surface area contributed by atoms with E-state index in [9.17, 15) is 9.59 Å². The zero-order valence-electron chi connectivity index (χ0n) is 22.7. The number of hydrogen-bond donors (Lipinski definition) is 2. The number of thiophene rings is 1. The molecule has 9 nitrogen and oxygen atoms in total. The van der Waals surface area contributed by atoms with Crippen LogP contribution in [0.2, 0.25) is 0 Å². The number of carbonyl (C=O) groups excluding carboxylic acids is 2. The Morgan fingerprint density at radius 3 is 2.77 bits per heavy atom. The molecular formula is C30H31N5O4S. The fourth-order valence-electron chi connectivity index (χ4n) is 5.40. The molecule has 1 atom stereocenters. The van der Waals surface area contributed by atoms with Crippen LogP contribution in [-0.4, -0.2) is 54.6 Å². The van der Waals surface area contributed by atoms with Gasteiger partial charge in [0.05, 0.1) is 29.1 Å². The topological polar surface area (TPSA) is 96.0 Å². The number of likely N-dealkylation sites (tertiary alicyclic amines) is 1. The van der Waals surface area contributed by atoms with Crippen LogP contribution >= 0.6 is 11.3 Å². The van der Waals surface area contributed by atoms with Crippen LogP contribution in [0.3, 0.4) is 0 Å². The van der Waals surface area contributed by atoms with E-state index >= 15 is 0 Å². The summed E-state index contributed by atoms with van der Waals surface area (Å²) in [6, 6.07) is 14.7. The number of nitrogens with one attached hydrogen (secondary N) is 2. The lowest BCUT2D eigenvalue weighted by Crippen LogP contribution is -2.46. The van der Waals surface area contributed by atoms with Crippen LogP contribution in [0.15, 0.2) is 54.7 Å². The van der Waals surface area contributed by atoms with E-state index < -0.39 is 0 Å². The second-order valence-electron chi connectivity index (χ2n) is 10.1. The maximum atomic E-state index is 13.6. The number of aromatic nitrogens is 1. The highest BCUT2D eigenvalue weighted by Gasteiger charge is 2.34. The molecule has 10 heteroatoms. The summed E-state index contributed by atoms with van der Waals surface area (Å²) in [5.74, 6) is 1.75. The number of rotatable bonds is 7. The van der Waals surface area contributed by atoms with E-state index in [0.717, 1.165) is 36.9 Å². The number of nitrogens with zero attached hydrogens (tertiary/aromatic N) is 3. The normalized spacial score (nSPS) is 17.0. The predicted molar refractivity (Wildman–Crippen MR) is 158 cm³/mol. The molecule has 2 aromatic heterocycles. The standard InChI is InChI=1S/C30H31N5O4S/c1-4-38-23-9-5-6-10-24(23)39-20-11-12-21(18(2)16-20)35-22-13-14-31-29-25(22)26(33-30(35)37)27(40-29)28(36)32-19-8-7-15-34(3)17-19/h5-6,9-14,16,19H,4,7-8,15,17H2,1-3H3,(H,32,36)(H,33,37). The molecule has 2 N–H and O–H groups in total.